The number of hydrogen-bond donors (Lipinski definition) is 0. The molecule has 0 spiro atoms. The van der Waals surface area contributed by atoms with Crippen molar-refractivity contribution in [3.05, 3.63) is 69.8 Å². The third-order valence-electron chi connectivity index (χ3n) is 4.11. The number of para-hydroxylation sites is 1. The van der Waals surface area contributed by atoms with E-state index in [-0.39, 0.29) is 25.3 Å². The molecule has 7 nitrogen and oxygen atoms in total. The standard InChI is InChI=1S/C21H21N3O4S/c1-3-28-21(27)14-23(16-7-5-4-6-8-16)20(26)13-24-19(25)12-10-17(22-24)18-11-9-15(2)29-18/h4-12H,3,13-14H2,1-2H3. The topological polar surface area (TPSA) is 81.5 Å². The lowest BCUT2D eigenvalue weighted by Gasteiger charge is -2.22. The zero-order chi connectivity index (χ0) is 20.8. The summed E-state index contributed by atoms with van der Waals surface area (Å²) in [5.74, 6) is -0.953. The van der Waals surface area contributed by atoms with Crippen LogP contribution in [0.25, 0.3) is 10.6 Å². The van der Waals surface area contributed by atoms with Crippen LogP contribution < -0.4 is 10.5 Å². The van der Waals surface area contributed by atoms with Crippen molar-refractivity contribution in [3.63, 3.8) is 0 Å². The Hall–Kier alpha value is -3.26. The van der Waals surface area contributed by atoms with Gasteiger partial charge in [-0.3, -0.25) is 19.3 Å². The molecule has 0 unspecified atom stereocenters. The molecule has 0 bridgehead atoms. The van der Waals surface area contributed by atoms with Crippen LogP contribution >= 0.6 is 11.3 Å². The Morgan fingerprint density at radius 3 is 2.52 bits per heavy atom. The van der Waals surface area contributed by atoms with Crippen LogP contribution in [0.3, 0.4) is 0 Å². The monoisotopic (exact) mass is 411 g/mol. The Balaban J connectivity index is 1.87. The number of thiophene rings is 1. The van der Waals surface area contributed by atoms with E-state index in [9.17, 15) is 14.4 Å². The van der Waals surface area contributed by atoms with Crippen LogP contribution in [0.1, 0.15) is 11.8 Å². The summed E-state index contributed by atoms with van der Waals surface area (Å²) < 4.78 is 6.10. The minimum Gasteiger partial charge on any atom is -0.465 e. The molecule has 29 heavy (non-hydrogen) atoms. The highest BCUT2D eigenvalue weighted by Gasteiger charge is 2.21. The number of amides is 1. The van der Waals surface area contributed by atoms with Crippen molar-refractivity contribution in [2.24, 2.45) is 0 Å². The van der Waals surface area contributed by atoms with Crippen LogP contribution in [0.15, 0.2) is 59.4 Å². The fourth-order valence-electron chi connectivity index (χ4n) is 2.75. The molecule has 0 saturated heterocycles. The Bertz CT molecular complexity index is 1060. The molecule has 0 N–H and O–H groups in total. The van der Waals surface area contributed by atoms with E-state index in [1.807, 2.05) is 25.1 Å². The Morgan fingerprint density at radius 1 is 1.10 bits per heavy atom. The van der Waals surface area contributed by atoms with Crippen LogP contribution in [-0.2, 0) is 20.9 Å². The first-order chi connectivity index (χ1) is 14.0. The molecular weight excluding hydrogens is 390 g/mol. The second kappa shape index (κ2) is 9.29. The maximum absolute atomic E-state index is 13.0. The third-order valence-corrected chi connectivity index (χ3v) is 5.13. The number of esters is 1. The summed E-state index contributed by atoms with van der Waals surface area (Å²) in [7, 11) is 0. The lowest BCUT2D eigenvalue weighted by Crippen LogP contribution is -2.40. The van der Waals surface area contributed by atoms with Crippen molar-refractivity contribution in [1.29, 1.82) is 0 Å². The van der Waals surface area contributed by atoms with Gasteiger partial charge in [0.05, 0.1) is 11.5 Å². The lowest BCUT2D eigenvalue weighted by atomic mass is 10.2. The molecular formula is C21H21N3O4S. The number of rotatable bonds is 7. The number of carbonyl (C=O) groups excluding carboxylic acids is 2. The number of carbonyl (C=O) groups is 2. The average molecular weight is 411 g/mol. The quantitative estimate of drug-likeness (QED) is 0.559. The lowest BCUT2D eigenvalue weighted by molar-refractivity contribution is -0.142. The molecule has 1 amide bonds. The fourth-order valence-corrected chi connectivity index (χ4v) is 3.58. The first-order valence-electron chi connectivity index (χ1n) is 9.14. The molecule has 0 radical (unpaired) electrons. The summed E-state index contributed by atoms with van der Waals surface area (Å²) in [6.45, 7) is 3.38. The Morgan fingerprint density at radius 2 is 1.86 bits per heavy atom. The smallest absolute Gasteiger partial charge is 0.326 e. The maximum Gasteiger partial charge on any atom is 0.326 e. The summed E-state index contributed by atoms with van der Waals surface area (Å²) in [6.07, 6.45) is 0. The van der Waals surface area contributed by atoms with E-state index in [0.29, 0.717) is 11.4 Å². The first-order valence-corrected chi connectivity index (χ1v) is 9.95. The van der Waals surface area contributed by atoms with Gasteiger partial charge in [0.2, 0.25) is 5.91 Å². The molecule has 0 aliphatic rings. The minimum atomic E-state index is -0.521. The van der Waals surface area contributed by atoms with Gasteiger partial charge in [0, 0.05) is 16.6 Å². The van der Waals surface area contributed by atoms with E-state index >= 15 is 0 Å². The normalized spacial score (nSPS) is 10.6. The van der Waals surface area contributed by atoms with Gasteiger partial charge in [0.25, 0.3) is 5.56 Å². The number of aromatic nitrogens is 2. The Labute approximate surface area is 172 Å². The predicted octanol–water partition coefficient (Wildman–Crippen LogP) is 2.88. The van der Waals surface area contributed by atoms with Gasteiger partial charge in [-0.2, -0.15) is 5.10 Å². The zero-order valence-corrected chi connectivity index (χ0v) is 17.0. The molecule has 3 aromatic rings. The molecule has 2 heterocycles. The molecule has 2 aromatic heterocycles. The maximum atomic E-state index is 13.0. The van der Waals surface area contributed by atoms with Crippen molar-refractivity contribution in [1.82, 2.24) is 9.78 Å². The zero-order valence-electron chi connectivity index (χ0n) is 16.2. The summed E-state index contributed by atoms with van der Waals surface area (Å²) in [5, 5.41) is 4.34. The largest absolute Gasteiger partial charge is 0.465 e. The number of anilines is 1. The van der Waals surface area contributed by atoms with Gasteiger partial charge in [-0.05, 0) is 44.2 Å². The van der Waals surface area contributed by atoms with Crippen LogP contribution in [0.4, 0.5) is 5.69 Å². The Kier molecular flexibility index (Phi) is 6.56. The van der Waals surface area contributed by atoms with E-state index < -0.39 is 11.9 Å². The van der Waals surface area contributed by atoms with Gasteiger partial charge < -0.3 is 4.74 Å². The number of benzene rings is 1. The van der Waals surface area contributed by atoms with E-state index in [0.717, 1.165) is 14.4 Å². The summed E-state index contributed by atoms with van der Waals surface area (Å²) in [5.41, 5.74) is 0.773. The van der Waals surface area contributed by atoms with Crippen molar-refractivity contribution < 1.29 is 14.3 Å². The number of hydrogen-bond acceptors (Lipinski definition) is 6. The van der Waals surface area contributed by atoms with E-state index in [4.69, 9.17) is 4.74 Å². The second-order valence-electron chi connectivity index (χ2n) is 6.25. The van der Waals surface area contributed by atoms with E-state index in [1.165, 1.54) is 11.0 Å². The molecule has 1 aromatic carbocycles. The van der Waals surface area contributed by atoms with Crippen molar-refractivity contribution in [3.8, 4) is 10.6 Å². The van der Waals surface area contributed by atoms with E-state index in [1.54, 1.807) is 48.6 Å². The fraction of sp³-hybridized carbons (Fsp3) is 0.238. The van der Waals surface area contributed by atoms with Crippen LogP contribution in [0, 0.1) is 6.92 Å². The second-order valence-corrected chi connectivity index (χ2v) is 7.53. The number of ether oxygens (including phenoxy) is 1. The molecule has 8 heteroatoms. The predicted molar refractivity (Wildman–Crippen MR) is 112 cm³/mol. The minimum absolute atomic E-state index is 0.221. The van der Waals surface area contributed by atoms with Gasteiger partial charge >= 0.3 is 5.97 Å². The van der Waals surface area contributed by atoms with Crippen LogP contribution in [0.2, 0.25) is 0 Å². The van der Waals surface area contributed by atoms with Gasteiger partial charge in [-0.1, -0.05) is 18.2 Å². The summed E-state index contributed by atoms with van der Waals surface area (Å²) in [6, 6.07) is 15.7. The van der Waals surface area contributed by atoms with E-state index in [2.05, 4.69) is 5.10 Å². The molecule has 0 atom stereocenters. The van der Waals surface area contributed by atoms with Gasteiger partial charge in [0.1, 0.15) is 18.8 Å². The van der Waals surface area contributed by atoms with Crippen LogP contribution in [0.5, 0.6) is 0 Å². The van der Waals surface area contributed by atoms with Gasteiger partial charge in [-0.15, -0.1) is 11.3 Å². The first kappa shape index (κ1) is 20.5. The summed E-state index contributed by atoms with van der Waals surface area (Å²) >= 11 is 1.56. The van der Waals surface area contributed by atoms with Crippen molar-refractivity contribution in [2.45, 2.75) is 20.4 Å². The molecule has 0 fully saturated rings. The van der Waals surface area contributed by atoms with Crippen LogP contribution in [-0.4, -0.2) is 34.8 Å². The van der Waals surface area contributed by atoms with Gasteiger partial charge in [0.15, 0.2) is 0 Å². The average Bonchev–Trinajstić information content (AvgIpc) is 3.15. The third kappa shape index (κ3) is 5.17. The number of aryl methyl sites for hydroxylation is 1. The molecule has 0 aliphatic heterocycles. The number of nitrogens with zero attached hydrogens (tertiary/aromatic N) is 3. The molecule has 0 saturated carbocycles. The molecule has 150 valence electrons. The SMILES string of the molecule is CCOC(=O)CN(C(=O)Cn1nc(-c2ccc(C)s2)ccc1=O)c1ccccc1. The highest BCUT2D eigenvalue weighted by molar-refractivity contribution is 7.15. The van der Waals surface area contributed by atoms with Gasteiger partial charge in [-0.25, -0.2) is 4.68 Å². The summed E-state index contributed by atoms with van der Waals surface area (Å²) in [4.78, 5) is 40.6. The van der Waals surface area contributed by atoms with Crippen molar-refractivity contribution in [2.75, 3.05) is 18.1 Å². The molecule has 3 rings (SSSR count). The van der Waals surface area contributed by atoms with Crippen molar-refractivity contribution >= 4 is 28.9 Å². The molecule has 0 aliphatic carbocycles. The highest BCUT2D eigenvalue weighted by atomic mass is 32.1. The highest BCUT2D eigenvalue weighted by Crippen LogP contribution is 2.25.